The number of phenols is 1. The van der Waals surface area contributed by atoms with E-state index in [9.17, 15) is 22.9 Å². The first-order chi connectivity index (χ1) is 13.7. The van der Waals surface area contributed by atoms with Crippen molar-refractivity contribution in [3.8, 4) is 17.2 Å². The number of ether oxygens (including phenoxy) is 2. The Morgan fingerprint density at radius 2 is 1.90 bits per heavy atom. The van der Waals surface area contributed by atoms with E-state index < -0.39 is 28.1 Å². The molecule has 4 rings (SSSR count). The maximum Gasteiger partial charge on any atom is 1.00 e. The van der Waals surface area contributed by atoms with Crippen molar-refractivity contribution in [2.75, 3.05) is 24.1 Å². The number of rotatable bonds is 4. The monoisotopic (exact) mass is 462 g/mol. The van der Waals surface area contributed by atoms with Crippen LogP contribution >= 0.6 is 11.6 Å². The smallest absolute Gasteiger partial charge is 0.747 e. The van der Waals surface area contributed by atoms with Crippen LogP contribution in [0.3, 0.4) is 0 Å². The predicted molar refractivity (Wildman–Crippen MR) is 102 cm³/mol. The number of benzene rings is 2. The number of halogens is 1. The van der Waals surface area contributed by atoms with Gasteiger partial charge in [0.2, 0.25) is 6.79 Å². The molecule has 0 saturated carbocycles. The molecule has 2 aliphatic heterocycles. The molecule has 0 aliphatic carbocycles. The van der Waals surface area contributed by atoms with E-state index in [2.05, 4.69) is 0 Å². The van der Waals surface area contributed by atoms with Crippen LogP contribution in [0.1, 0.15) is 18.0 Å². The van der Waals surface area contributed by atoms with E-state index in [-0.39, 0.29) is 55.1 Å². The number of urea groups is 1. The summed E-state index contributed by atoms with van der Waals surface area (Å²) in [6.07, 6.45) is 0.265. The van der Waals surface area contributed by atoms with Gasteiger partial charge in [0.05, 0.1) is 6.04 Å². The number of hydrogen-bond acceptors (Lipinski definition) is 7. The molecule has 0 bridgehead atoms. The Morgan fingerprint density at radius 3 is 2.57 bits per heavy atom. The SMILES string of the molecule is O=C1N(CS(=O)(=O)[O-])CCC(c2cc3c(cc2O)OCO3)N1c1cccc(Cl)c1.[Na+]. The van der Waals surface area contributed by atoms with Crippen molar-refractivity contribution in [2.45, 2.75) is 12.5 Å². The number of nitrogens with zero attached hydrogens (tertiary/aromatic N) is 2. The molecular formula is C18H16ClN2NaO7S. The third-order valence-electron chi connectivity index (χ3n) is 4.74. The number of aromatic hydroxyl groups is 1. The summed E-state index contributed by atoms with van der Waals surface area (Å²) in [6, 6.07) is 8.14. The molecule has 2 amide bonds. The number of amides is 2. The molecule has 0 radical (unpaired) electrons. The molecule has 2 aromatic rings. The second kappa shape index (κ2) is 8.81. The molecule has 1 unspecified atom stereocenters. The molecule has 2 aromatic carbocycles. The zero-order chi connectivity index (χ0) is 20.8. The molecule has 0 spiro atoms. The van der Waals surface area contributed by atoms with Crippen LogP contribution in [0.5, 0.6) is 17.2 Å². The van der Waals surface area contributed by atoms with E-state index in [1.54, 1.807) is 30.3 Å². The Balaban J connectivity index is 0.00000256. The van der Waals surface area contributed by atoms with Crippen LogP contribution in [0.2, 0.25) is 5.02 Å². The summed E-state index contributed by atoms with van der Waals surface area (Å²) in [4.78, 5) is 15.4. The van der Waals surface area contributed by atoms with E-state index in [4.69, 9.17) is 21.1 Å². The van der Waals surface area contributed by atoms with Gasteiger partial charge in [0.15, 0.2) is 11.5 Å². The fraction of sp³-hybridized carbons (Fsp3) is 0.278. The fourth-order valence-electron chi connectivity index (χ4n) is 3.52. The van der Waals surface area contributed by atoms with Crippen LogP contribution in [0.15, 0.2) is 36.4 Å². The number of carbonyl (C=O) groups excluding carboxylic acids is 1. The molecule has 1 N–H and O–H groups in total. The van der Waals surface area contributed by atoms with Gasteiger partial charge in [0, 0.05) is 28.9 Å². The average Bonchev–Trinajstić information content (AvgIpc) is 3.08. The zero-order valence-corrected chi connectivity index (χ0v) is 19.5. The minimum atomic E-state index is -4.65. The Morgan fingerprint density at radius 1 is 1.20 bits per heavy atom. The van der Waals surface area contributed by atoms with Gasteiger partial charge in [-0.15, -0.1) is 0 Å². The molecule has 1 fully saturated rings. The molecule has 30 heavy (non-hydrogen) atoms. The number of phenolic OH excluding ortho intramolecular Hbond substituents is 1. The van der Waals surface area contributed by atoms with Gasteiger partial charge in [0.1, 0.15) is 21.7 Å². The number of carbonyl (C=O) groups is 1. The van der Waals surface area contributed by atoms with Crippen molar-refractivity contribution in [3.63, 3.8) is 0 Å². The van der Waals surface area contributed by atoms with Gasteiger partial charge < -0.3 is 24.0 Å². The summed E-state index contributed by atoms with van der Waals surface area (Å²) < 4.78 is 44.3. The van der Waals surface area contributed by atoms with Gasteiger partial charge in [-0.1, -0.05) is 17.7 Å². The summed E-state index contributed by atoms with van der Waals surface area (Å²) >= 11 is 6.07. The van der Waals surface area contributed by atoms with E-state index in [0.717, 1.165) is 4.90 Å². The largest absolute Gasteiger partial charge is 1.00 e. The van der Waals surface area contributed by atoms with Crippen molar-refractivity contribution in [1.29, 1.82) is 0 Å². The molecule has 1 atom stereocenters. The van der Waals surface area contributed by atoms with Crippen molar-refractivity contribution in [2.24, 2.45) is 0 Å². The summed E-state index contributed by atoms with van der Waals surface area (Å²) in [5, 5.41) is 10.9. The maximum absolute atomic E-state index is 13.1. The van der Waals surface area contributed by atoms with Gasteiger partial charge >= 0.3 is 35.6 Å². The average molecular weight is 463 g/mol. The minimum Gasteiger partial charge on any atom is -0.747 e. The molecule has 12 heteroatoms. The van der Waals surface area contributed by atoms with Gasteiger partial charge in [0.25, 0.3) is 0 Å². The van der Waals surface area contributed by atoms with Crippen LogP contribution in [-0.2, 0) is 10.1 Å². The minimum absolute atomic E-state index is 0. The van der Waals surface area contributed by atoms with E-state index in [1.807, 2.05) is 0 Å². The summed E-state index contributed by atoms with van der Waals surface area (Å²) in [5.74, 6) is -0.213. The van der Waals surface area contributed by atoms with E-state index in [0.29, 0.717) is 27.8 Å². The van der Waals surface area contributed by atoms with Crippen LogP contribution in [0, 0.1) is 0 Å². The van der Waals surface area contributed by atoms with Gasteiger partial charge in [-0.05, 0) is 30.7 Å². The van der Waals surface area contributed by atoms with Crippen molar-refractivity contribution in [3.05, 3.63) is 47.0 Å². The van der Waals surface area contributed by atoms with Crippen LogP contribution < -0.4 is 43.9 Å². The first kappa shape index (κ1) is 23.0. The van der Waals surface area contributed by atoms with E-state index in [1.165, 1.54) is 11.0 Å². The van der Waals surface area contributed by atoms with Crippen LogP contribution in [-0.4, -0.2) is 48.2 Å². The van der Waals surface area contributed by atoms with Crippen LogP contribution in [0.4, 0.5) is 10.5 Å². The number of fused-ring (bicyclic) bond motifs is 1. The molecule has 2 aliphatic rings. The second-order valence-corrected chi connectivity index (χ2v) is 8.46. The molecule has 154 valence electrons. The standard InChI is InChI=1S/C18H17ClN2O7S.Na/c19-11-2-1-3-12(6-11)21-14(4-5-20(18(21)23)9-29(24,25)26)13-7-16-17(8-15(13)22)28-10-27-16;/h1-3,6-8,14,22H,4-5,9-10H2,(H,24,25,26);/q;+1/p-1. The summed E-state index contributed by atoms with van der Waals surface area (Å²) in [7, 11) is -4.65. The number of hydrogen-bond donors (Lipinski definition) is 1. The third kappa shape index (κ3) is 4.63. The van der Waals surface area contributed by atoms with Gasteiger partial charge in [-0.2, -0.15) is 0 Å². The fourth-order valence-corrected chi connectivity index (χ4v) is 4.33. The van der Waals surface area contributed by atoms with E-state index >= 15 is 0 Å². The quantitative estimate of drug-likeness (QED) is 0.487. The topological polar surface area (TPSA) is 119 Å². The van der Waals surface area contributed by atoms with Crippen LogP contribution in [0.25, 0.3) is 0 Å². The zero-order valence-electron chi connectivity index (χ0n) is 15.9. The molecule has 9 nitrogen and oxygen atoms in total. The van der Waals surface area contributed by atoms with Crippen molar-refractivity contribution < 1.29 is 61.9 Å². The Bertz CT molecular complexity index is 1080. The summed E-state index contributed by atoms with van der Waals surface area (Å²) in [6.45, 7) is 0.0465. The first-order valence-electron chi connectivity index (χ1n) is 8.63. The predicted octanol–water partition coefficient (Wildman–Crippen LogP) is -0.346. The van der Waals surface area contributed by atoms with Crippen molar-refractivity contribution in [1.82, 2.24) is 4.90 Å². The Kier molecular flexibility index (Phi) is 6.75. The Hall–Kier alpha value is -1.69. The second-order valence-electron chi connectivity index (χ2n) is 6.65. The molecular weight excluding hydrogens is 447 g/mol. The maximum atomic E-state index is 13.1. The van der Waals surface area contributed by atoms with Crippen molar-refractivity contribution >= 4 is 33.4 Å². The normalized spacial score (nSPS) is 18.3. The molecule has 0 aromatic heterocycles. The summed E-state index contributed by atoms with van der Waals surface area (Å²) in [5.41, 5.74) is 0.810. The number of anilines is 1. The third-order valence-corrected chi connectivity index (χ3v) is 5.60. The van der Waals surface area contributed by atoms with Gasteiger partial charge in [-0.25, -0.2) is 13.2 Å². The first-order valence-corrected chi connectivity index (χ1v) is 10.6. The van der Waals surface area contributed by atoms with Gasteiger partial charge in [-0.3, -0.25) is 4.90 Å². The Labute approximate surface area is 200 Å². The molecule has 1 saturated heterocycles. The molecule has 2 heterocycles.